The minimum absolute atomic E-state index is 0.120. The van der Waals surface area contributed by atoms with Crippen LogP contribution in [0.2, 0.25) is 0 Å². The van der Waals surface area contributed by atoms with Crippen LogP contribution in [0.25, 0.3) is 0 Å². The van der Waals surface area contributed by atoms with Crippen LogP contribution in [0.5, 0.6) is 0 Å². The maximum atomic E-state index is 12.2. The first-order valence-electron chi connectivity index (χ1n) is 7.04. The zero-order valence-electron chi connectivity index (χ0n) is 11.3. The van der Waals surface area contributed by atoms with Gasteiger partial charge in [-0.15, -0.1) is 0 Å². The minimum Gasteiger partial charge on any atom is -0.378 e. The van der Waals surface area contributed by atoms with Crippen molar-refractivity contribution >= 4 is 17.7 Å². The van der Waals surface area contributed by atoms with E-state index in [-0.39, 0.29) is 36.1 Å². The summed E-state index contributed by atoms with van der Waals surface area (Å²) in [5, 5.41) is 0. The maximum Gasteiger partial charge on any atom is 0.242 e. The van der Waals surface area contributed by atoms with Gasteiger partial charge in [0.05, 0.1) is 25.0 Å². The summed E-state index contributed by atoms with van der Waals surface area (Å²) in [5.74, 6) is -1.06. The van der Waals surface area contributed by atoms with Gasteiger partial charge in [0.25, 0.3) is 0 Å². The number of morpholine rings is 1. The van der Waals surface area contributed by atoms with E-state index in [4.69, 9.17) is 4.74 Å². The molecule has 0 N–H and O–H groups in total. The summed E-state index contributed by atoms with van der Waals surface area (Å²) in [6.07, 6.45) is 5.11. The van der Waals surface area contributed by atoms with Gasteiger partial charge in [-0.2, -0.15) is 0 Å². The summed E-state index contributed by atoms with van der Waals surface area (Å²) >= 11 is 0. The van der Waals surface area contributed by atoms with Crippen molar-refractivity contribution in [1.82, 2.24) is 9.80 Å². The van der Waals surface area contributed by atoms with E-state index in [1.54, 1.807) is 4.90 Å². The number of allylic oxidation sites excluding steroid dienone is 2. The number of likely N-dealkylation sites (tertiary alicyclic amines) is 1. The molecule has 1 aliphatic carbocycles. The smallest absolute Gasteiger partial charge is 0.242 e. The van der Waals surface area contributed by atoms with Crippen LogP contribution in [-0.4, -0.2) is 60.4 Å². The van der Waals surface area contributed by atoms with Crippen molar-refractivity contribution in [1.29, 1.82) is 0 Å². The fourth-order valence-corrected chi connectivity index (χ4v) is 3.07. The Hall–Kier alpha value is -1.69. The van der Waals surface area contributed by atoms with Gasteiger partial charge in [-0.05, 0) is 12.8 Å². The largest absolute Gasteiger partial charge is 0.378 e. The summed E-state index contributed by atoms with van der Waals surface area (Å²) in [6.45, 7) is 1.98. The molecule has 3 amide bonds. The van der Waals surface area contributed by atoms with Gasteiger partial charge in [-0.25, -0.2) is 0 Å². The molecule has 6 nitrogen and oxygen atoms in total. The number of hydrogen-bond acceptors (Lipinski definition) is 4. The molecule has 2 aliphatic heterocycles. The fourth-order valence-electron chi connectivity index (χ4n) is 3.07. The molecular formula is C14H18N2O4. The highest BCUT2D eigenvalue weighted by Crippen LogP contribution is 2.34. The Morgan fingerprint density at radius 3 is 2.20 bits per heavy atom. The van der Waals surface area contributed by atoms with Crippen molar-refractivity contribution in [3.8, 4) is 0 Å². The molecule has 0 bridgehead atoms. The highest BCUT2D eigenvalue weighted by atomic mass is 16.5. The molecule has 108 valence electrons. The number of amides is 3. The Morgan fingerprint density at radius 2 is 1.65 bits per heavy atom. The summed E-state index contributed by atoms with van der Waals surface area (Å²) < 4.78 is 5.19. The number of rotatable bonds is 2. The van der Waals surface area contributed by atoms with E-state index in [1.165, 1.54) is 0 Å². The number of hydrogen-bond donors (Lipinski definition) is 0. The molecule has 0 aromatic heterocycles. The lowest BCUT2D eigenvalue weighted by atomic mass is 9.85. The summed E-state index contributed by atoms with van der Waals surface area (Å²) in [4.78, 5) is 39.5. The normalized spacial score (nSPS) is 29.8. The SMILES string of the molecule is O=C(CN1C(=O)[C@H]2CC=CC[C@H]2C1=O)N1CCOCC1. The van der Waals surface area contributed by atoms with Gasteiger partial charge in [0.15, 0.2) is 0 Å². The third-order valence-corrected chi connectivity index (χ3v) is 4.26. The number of nitrogens with zero attached hydrogens (tertiary/aromatic N) is 2. The molecule has 2 saturated heterocycles. The average Bonchev–Trinajstić information content (AvgIpc) is 2.74. The molecule has 3 aliphatic rings. The van der Waals surface area contributed by atoms with Crippen molar-refractivity contribution in [2.45, 2.75) is 12.8 Å². The zero-order valence-corrected chi connectivity index (χ0v) is 11.3. The van der Waals surface area contributed by atoms with E-state index in [0.29, 0.717) is 39.1 Å². The van der Waals surface area contributed by atoms with Crippen LogP contribution < -0.4 is 0 Å². The summed E-state index contributed by atoms with van der Waals surface area (Å²) in [7, 11) is 0. The molecule has 2 heterocycles. The van der Waals surface area contributed by atoms with Crippen molar-refractivity contribution in [3.05, 3.63) is 12.2 Å². The first kappa shape index (κ1) is 13.3. The zero-order chi connectivity index (χ0) is 14.1. The Balaban J connectivity index is 1.66. The molecule has 2 fully saturated rings. The van der Waals surface area contributed by atoms with Crippen molar-refractivity contribution < 1.29 is 19.1 Å². The van der Waals surface area contributed by atoms with Gasteiger partial charge in [0, 0.05) is 13.1 Å². The van der Waals surface area contributed by atoms with Crippen molar-refractivity contribution in [2.24, 2.45) is 11.8 Å². The van der Waals surface area contributed by atoms with E-state index < -0.39 is 0 Å². The first-order valence-corrected chi connectivity index (χ1v) is 7.04. The lowest BCUT2D eigenvalue weighted by Gasteiger charge is -2.28. The predicted octanol–water partition coefficient (Wildman–Crippen LogP) is -0.204. The maximum absolute atomic E-state index is 12.2. The van der Waals surface area contributed by atoms with E-state index in [9.17, 15) is 14.4 Å². The Bertz CT molecular complexity index is 442. The number of ether oxygens (including phenoxy) is 1. The average molecular weight is 278 g/mol. The Kier molecular flexibility index (Phi) is 3.56. The van der Waals surface area contributed by atoms with Crippen molar-refractivity contribution in [3.63, 3.8) is 0 Å². The molecule has 3 rings (SSSR count). The molecule has 0 spiro atoms. The second-order valence-corrected chi connectivity index (χ2v) is 5.41. The lowest BCUT2D eigenvalue weighted by Crippen LogP contribution is -2.47. The van der Waals surface area contributed by atoms with Crippen LogP contribution >= 0.6 is 0 Å². The van der Waals surface area contributed by atoms with E-state index in [2.05, 4.69) is 0 Å². The third kappa shape index (κ3) is 2.24. The van der Waals surface area contributed by atoms with Gasteiger partial charge in [-0.3, -0.25) is 19.3 Å². The van der Waals surface area contributed by atoms with Crippen molar-refractivity contribution in [2.75, 3.05) is 32.8 Å². The van der Waals surface area contributed by atoms with Gasteiger partial charge in [0.2, 0.25) is 17.7 Å². The second kappa shape index (κ2) is 5.36. The van der Waals surface area contributed by atoms with Crippen LogP contribution in [0.1, 0.15) is 12.8 Å². The Labute approximate surface area is 117 Å². The molecule has 0 saturated carbocycles. The molecular weight excluding hydrogens is 260 g/mol. The number of carbonyl (C=O) groups is 3. The van der Waals surface area contributed by atoms with Crippen LogP contribution in [-0.2, 0) is 19.1 Å². The molecule has 0 aromatic carbocycles. The second-order valence-electron chi connectivity index (χ2n) is 5.41. The standard InChI is InChI=1S/C14H18N2O4/c17-12(15-5-7-20-8-6-15)9-16-13(18)10-3-1-2-4-11(10)14(16)19/h1-2,10-11H,3-9H2/t10-,11+. The van der Waals surface area contributed by atoms with Gasteiger partial charge in [0.1, 0.15) is 6.54 Å². The van der Waals surface area contributed by atoms with Gasteiger partial charge >= 0.3 is 0 Å². The molecule has 20 heavy (non-hydrogen) atoms. The van der Waals surface area contributed by atoms with Crippen LogP contribution in [0.3, 0.4) is 0 Å². The lowest BCUT2D eigenvalue weighted by molar-refractivity contribution is -0.148. The molecule has 6 heteroatoms. The topological polar surface area (TPSA) is 66.9 Å². The van der Waals surface area contributed by atoms with Crippen LogP contribution in [0.4, 0.5) is 0 Å². The van der Waals surface area contributed by atoms with E-state index >= 15 is 0 Å². The van der Waals surface area contributed by atoms with Gasteiger partial charge in [-0.1, -0.05) is 12.2 Å². The molecule has 0 aromatic rings. The molecule has 0 unspecified atom stereocenters. The Morgan fingerprint density at radius 1 is 1.10 bits per heavy atom. The van der Waals surface area contributed by atoms with Crippen LogP contribution in [0, 0.1) is 11.8 Å². The predicted molar refractivity (Wildman–Crippen MR) is 69.5 cm³/mol. The monoisotopic (exact) mass is 278 g/mol. The summed E-state index contributed by atoms with van der Waals surface area (Å²) in [5.41, 5.74) is 0. The molecule has 0 radical (unpaired) electrons. The quantitative estimate of drug-likeness (QED) is 0.518. The highest BCUT2D eigenvalue weighted by molar-refractivity contribution is 6.07. The number of imide groups is 1. The van der Waals surface area contributed by atoms with E-state index in [1.807, 2.05) is 12.2 Å². The number of fused-ring (bicyclic) bond motifs is 1. The highest BCUT2D eigenvalue weighted by Gasteiger charge is 2.47. The fraction of sp³-hybridized carbons (Fsp3) is 0.643. The van der Waals surface area contributed by atoms with E-state index in [0.717, 1.165) is 4.90 Å². The third-order valence-electron chi connectivity index (χ3n) is 4.26. The van der Waals surface area contributed by atoms with Gasteiger partial charge < -0.3 is 9.64 Å². The molecule has 2 atom stereocenters. The minimum atomic E-state index is -0.259. The first-order chi connectivity index (χ1) is 9.68. The summed E-state index contributed by atoms with van der Waals surface area (Å²) in [6, 6.07) is 0. The van der Waals surface area contributed by atoms with Crippen LogP contribution in [0.15, 0.2) is 12.2 Å². The number of carbonyl (C=O) groups excluding carboxylic acids is 3.